The molecule has 0 saturated heterocycles. The van der Waals surface area contributed by atoms with E-state index >= 15 is 0 Å². The first-order valence-electron chi connectivity index (χ1n) is 2.36. The summed E-state index contributed by atoms with van der Waals surface area (Å²) in [6, 6.07) is 0. The topological polar surface area (TPSA) is 93.7 Å². The number of hydrogen-bond acceptors (Lipinski definition) is 4. The molecule has 2 N–H and O–H groups in total. The van der Waals surface area contributed by atoms with Crippen LogP contribution in [0.25, 0.3) is 0 Å². The Morgan fingerprint density at radius 3 is 1.40 bits per heavy atom. The van der Waals surface area contributed by atoms with Crippen LogP contribution in [0.2, 0.25) is 0 Å². The molecule has 0 bridgehead atoms. The zero-order valence-electron chi connectivity index (χ0n) is 6.27. The highest BCUT2D eigenvalue weighted by Crippen LogP contribution is 1.93. The molecule has 0 aromatic rings. The smallest absolute Gasteiger partial charge is 0.152 e. The second-order valence-corrected chi connectivity index (χ2v) is 2.25. The van der Waals surface area contributed by atoms with E-state index < -0.39 is 5.60 Å². The maximum atomic E-state index is 8.52. The van der Waals surface area contributed by atoms with Gasteiger partial charge in [-0.15, -0.1) is 4.91 Å². The van der Waals surface area contributed by atoms with Crippen LogP contribution in [0.15, 0.2) is 5.34 Å². The van der Waals surface area contributed by atoms with E-state index in [0.29, 0.717) is 0 Å². The van der Waals surface area contributed by atoms with Gasteiger partial charge in [0.15, 0.2) is 5.34 Å². The summed E-state index contributed by atoms with van der Waals surface area (Å²) in [5.41, 5.74) is -0.500. The lowest BCUT2D eigenvalue weighted by Crippen LogP contribution is -2.10. The molecule has 0 amide bonds. The summed E-state index contributed by atoms with van der Waals surface area (Å²) in [5.74, 6) is 0. The first kappa shape index (κ1) is 15.9. The molecule has 5 nitrogen and oxygen atoms in total. The van der Waals surface area contributed by atoms with Crippen LogP contribution in [0, 0.1) is 16.7 Å². The summed E-state index contributed by atoms with van der Waals surface area (Å²) >= 11 is 0. The molecule has 0 unspecified atom stereocenters. The zero-order valence-corrected chi connectivity index (χ0v) is 6.27. The summed E-state index contributed by atoms with van der Waals surface area (Å²) in [6.45, 7) is 8.73. The van der Waals surface area contributed by atoms with Crippen molar-refractivity contribution in [3.63, 3.8) is 0 Å². The third-order valence-corrected chi connectivity index (χ3v) is 0. The highest BCUT2D eigenvalue weighted by molar-refractivity contribution is 4.50. The Morgan fingerprint density at radius 1 is 1.40 bits per heavy atom. The second kappa shape index (κ2) is 10.8. The highest BCUT2D eigenvalue weighted by Gasteiger charge is 1.97. The fraction of sp³-hybridized carbons (Fsp3) is 0.800. The predicted octanol–water partition coefficient (Wildman–Crippen LogP) is 1.06. The van der Waals surface area contributed by atoms with Gasteiger partial charge in [-0.3, -0.25) is 0 Å². The van der Waals surface area contributed by atoms with Crippen molar-refractivity contribution in [3.05, 3.63) is 4.91 Å². The van der Waals surface area contributed by atoms with Gasteiger partial charge in [-0.05, 0) is 20.8 Å². The fourth-order valence-electron chi connectivity index (χ4n) is 0. The highest BCUT2D eigenvalue weighted by atomic mass is 16.6. The molecule has 0 spiro atoms. The Morgan fingerprint density at radius 2 is 1.40 bits per heavy atom. The number of rotatable bonds is 0. The maximum Gasteiger partial charge on any atom is 0.152 e. The number of aliphatic hydroxyl groups is 1. The normalized spacial score (nSPS) is 7.40. The van der Waals surface area contributed by atoms with E-state index in [4.69, 9.17) is 20.5 Å². The minimum atomic E-state index is -0.500. The van der Waals surface area contributed by atoms with Crippen LogP contribution < -0.4 is 0 Å². The molecule has 60 valence electrons. The zero-order chi connectivity index (χ0) is 9.21. The summed E-state index contributed by atoms with van der Waals surface area (Å²) in [4.78, 5) is 8.11. The van der Waals surface area contributed by atoms with Crippen molar-refractivity contribution in [1.82, 2.24) is 0 Å². The Bertz CT molecular complexity index is 78.6. The molecule has 0 rings (SSSR count). The first-order chi connectivity index (χ1) is 4.41. The van der Waals surface area contributed by atoms with Crippen LogP contribution in [0.1, 0.15) is 20.8 Å². The van der Waals surface area contributed by atoms with Crippen LogP contribution in [-0.2, 0) is 0 Å². The third kappa shape index (κ3) is 177. The van der Waals surface area contributed by atoms with Gasteiger partial charge in [-0.25, -0.2) is 5.26 Å². The lowest BCUT2D eigenvalue weighted by Gasteiger charge is -2.04. The van der Waals surface area contributed by atoms with E-state index in [9.17, 15) is 0 Å². The number of nitrogens with zero attached hydrogens (tertiary/aromatic N) is 2. The van der Waals surface area contributed by atoms with Crippen LogP contribution in [0.4, 0.5) is 0 Å². The first-order valence-corrected chi connectivity index (χ1v) is 2.36. The number of nitriles is 1. The van der Waals surface area contributed by atoms with Gasteiger partial charge < -0.3 is 10.3 Å². The SMILES string of the molecule is C#N.CC(C)(C)O.O=NO. The molecule has 0 aromatic carbocycles. The standard InChI is InChI=1S/C4H10O.CHN.HNO2/c1-4(2,3)5;1-2;2-1-3/h5H,1-3H3;1H;(H,2,3). The van der Waals surface area contributed by atoms with Crippen LogP contribution in [0.3, 0.4) is 0 Å². The molecule has 0 aromatic heterocycles. The van der Waals surface area contributed by atoms with Gasteiger partial charge in [0.05, 0.1) is 5.60 Å². The predicted molar refractivity (Wildman–Crippen MR) is 36.2 cm³/mol. The summed E-state index contributed by atoms with van der Waals surface area (Å²) in [7, 11) is 0. The maximum absolute atomic E-state index is 8.52. The largest absolute Gasteiger partial charge is 0.391 e. The Labute approximate surface area is 59.8 Å². The molecule has 0 saturated carbocycles. The fourth-order valence-corrected chi connectivity index (χ4v) is 0. The van der Waals surface area contributed by atoms with Gasteiger partial charge in [0.2, 0.25) is 0 Å². The molecule has 0 heterocycles. The summed E-state index contributed by atoms with van der Waals surface area (Å²) < 4.78 is 0. The van der Waals surface area contributed by atoms with Crippen molar-refractivity contribution in [3.8, 4) is 6.57 Å². The number of hydrogen-bond donors (Lipinski definition) is 2. The van der Waals surface area contributed by atoms with Crippen LogP contribution >= 0.6 is 0 Å². The van der Waals surface area contributed by atoms with Crippen molar-refractivity contribution in [2.24, 2.45) is 5.34 Å². The molecule has 0 atom stereocenters. The third-order valence-electron chi connectivity index (χ3n) is 0. The monoisotopic (exact) mass is 148 g/mol. The van der Waals surface area contributed by atoms with Crippen molar-refractivity contribution in [2.75, 3.05) is 0 Å². The van der Waals surface area contributed by atoms with Gasteiger partial charge in [0.1, 0.15) is 0 Å². The molecular weight excluding hydrogens is 136 g/mol. The van der Waals surface area contributed by atoms with E-state index in [0.717, 1.165) is 0 Å². The minimum Gasteiger partial charge on any atom is -0.391 e. The van der Waals surface area contributed by atoms with Gasteiger partial charge in [0.25, 0.3) is 0 Å². The van der Waals surface area contributed by atoms with Gasteiger partial charge in [-0.1, -0.05) is 0 Å². The van der Waals surface area contributed by atoms with E-state index in [1.54, 1.807) is 20.8 Å². The average Bonchev–Trinajstić information content (AvgIpc) is 1.68. The molecule has 5 heteroatoms. The van der Waals surface area contributed by atoms with Crippen molar-refractivity contribution in [1.29, 1.82) is 5.26 Å². The molecule has 0 aliphatic carbocycles. The molecule has 0 aliphatic heterocycles. The van der Waals surface area contributed by atoms with Gasteiger partial charge >= 0.3 is 0 Å². The summed E-state index contributed by atoms with van der Waals surface area (Å²) in [5, 5.41) is 22.9. The van der Waals surface area contributed by atoms with E-state index in [1.807, 2.05) is 0 Å². The summed E-state index contributed by atoms with van der Waals surface area (Å²) in [6.07, 6.45) is 0. The molecule has 0 radical (unpaired) electrons. The lowest BCUT2D eigenvalue weighted by atomic mass is 10.2. The van der Waals surface area contributed by atoms with Crippen molar-refractivity contribution in [2.45, 2.75) is 26.4 Å². The van der Waals surface area contributed by atoms with Crippen LogP contribution in [0.5, 0.6) is 0 Å². The molecule has 10 heavy (non-hydrogen) atoms. The van der Waals surface area contributed by atoms with Crippen molar-refractivity contribution < 1.29 is 10.3 Å². The Kier molecular flexibility index (Phi) is 17.2. The van der Waals surface area contributed by atoms with E-state index in [2.05, 4.69) is 6.57 Å². The average molecular weight is 148 g/mol. The molecule has 0 aliphatic rings. The Hall–Kier alpha value is -1.15. The second-order valence-electron chi connectivity index (χ2n) is 2.25. The van der Waals surface area contributed by atoms with Gasteiger partial charge in [0, 0.05) is 6.57 Å². The minimum absolute atomic E-state index is 0.500. The molecule has 0 fully saturated rings. The van der Waals surface area contributed by atoms with E-state index in [1.165, 1.54) is 5.34 Å². The van der Waals surface area contributed by atoms with E-state index in [-0.39, 0.29) is 0 Å². The van der Waals surface area contributed by atoms with Crippen LogP contribution in [-0.4, -0.2) is 15.9 Å². The van der Waals surface area contributed by atoms with Gasteiger partial charge in [-0.2, -0.15) is 0 Å². The quantitative estimate of drug-likeness (QED) is 0.396. The van der Waals surface area contributed by atoms with Crippen molar-refractivity contribution >= 4 is 0 Å². The lowest BCUT2D eigenvalue weighted by molar-refractivity contribution is 0.102. The molecular formula is C5H12N2O3. The Balaban J connectivity index is -0.0000000847.